The number of fused-ring (bicyclic) bond motifs is 2. The zero-order chi connectivity index (χ0) is 42.6. The number of halogens is 1. The van der Waals surface area contributed by atoms with E-state index in [1.807, 2.05) is 25.1 Å². The topological polar surface area (TPSA) is 105 Å². The molecule has 0 amide bonds. The van der Waals surface area contributed by atoms with Crippen LogP contribution in [0, 0.1) is 27.3 Å². The van der Waals surface area contributed by atoms with Crippen molar-refractivity contribution in [3.05, 3.63) is 97.3 Å². The van der Waals surface area contributed by atoms with Crippen LogP contribution in [-0.4, -0.2) is 42.3 Å². The summed E-state index contributed by atoms with van der Waals surface area (Å²) in [5.74, 6) is 0.519. The average Bonchev–Trinajstić information content (AvgIpc) is 3.84. The molecular weight excluding hydrogens is 822 g/mol. The van der Waals surface area contributed by atoms with Gasteiger partial charge in [0.05, 0.1) is 47.4 Å². The van der Waals surface area contributed by atoms with Gasteiger partial charge in [-0.3, -0.25) is 0 Å². The number of rotatable bonds is 7. The highest BCUT2D eigenvalue weighted by molar-refractivity contribution is 7.22. The standard InChI is InChI=1S/C24H27ClN4S.C23H23N5O2S/c1-13-9-21-20(11-18(13)25)26-23(30-21)28-27-19-10-17-14(2)12-24(4,5)29-8-6-7-16(15(19)3)22(17)29;1-14-17-7-5-9-28-8-4-6-15(22(17)28)10-18(14)26-27-23-25-20-11-16(13-30-29-3)19(24-2)12-21(20)31-23/h9-11,14H,6-8,12H2,1-5H3;10-12H,4-9,13H2,1,3H3. The number of hydrogen-bond acceptors (Lipinski definition) is 12. The Morgan fingerprint density at radius 1 is 0.820 bits per heavy atom. The van der Waals surface area contributed by atoms with E-state index in [-0.39, 0.29) is 12.1 Å². The van der Waals surface area contributed by atoms with E-state index in [0.29, 0.717) is 21.9 Å². The van der Waals surface area contributed by atoms with Gasteiger partial charge in [-0.25, -0.2) is 24.6 Å². The van der Waals surface area contributed by atoms with Crippen LogP contribution in [0.3, 0.4) is 0 Å². The van der Waals surface area contributed by atoms with Crippen molar-refractivity contribution in [3.8, 4) is 0 Å². The summed E-state index contributed by atoms with van der Waals surface area (Å²) in [7, 11) is 1.45. The first-order valence-corrected chi connectivity index (χ1v) is 23.1. The molecule has 4 aromatic carbocycles. The van der Waals surface area contributed by atoms with Crippen LogP contribution in [-0.2, 0) is 35.6 Å². The summed E-state index contributed by atoms with van der Waals surface area (Å²) < 4.78 is 2.00. The SMILES string of the molecule is Cc1cc2sc(N=Nc3cc4c5c(c3C)CCCN5C(C)(C)CC4C)nc2cc1Cl.[C-]#[N+]c1cc2sc(N=Nc3cc4c5c(c3C)CCCN5CCC4)nc2cc1COOC. The lowest BCUT2D eigenvalue weighted by Crippen LogP contribution is -2.50. The summed E-state index contributed by atoms with van der Waals surface area (Å²) in [6, 6.07) is 12.1. The molecule has 6 heterocycles. The van der Waals surface area contributed by atoms with Gasteiger partial charge in [0.25, 0.3) is 0 Å². The number of thiazole rings is 2. The fourth-order valence-electron chi connectivity index (χ4n) is 9.79. The van der Waals surface area contributed by atoms with Gasteiger partial charge in [0.2, 0.25) is 10.3 Å². The number of anilines is 2. The Morgan fingerprint density at radius 2 is 1.44 bits per heavy atom. The van der Waals surface area contributed by atoms with E-state index in [1.54, 1.807) is 11.3 Å². The number of aryl methyl sites for hydroxylation is 2. The molecule has 0 fully saturated rings. The van der Waals surface area contributed by atoms with E-state index in [2.05, 4.69) is 103 Å². The van der Waals surface area contributed by atoms with Crippen molar-refractivity contribution in [1.82, 2.24) is 9.97 Å². The van der Waals surface area contributed by atoms with Crippen molar-refractivity contribution in [3.63, 3.8) is 0 Å². The molecule has 10 rings (SSSR count). The molecule has 14 heteroatoms. The van der Waals surface area contributed by atoms with Gasteiger partial charge in [-0.05, 0) is 166 Å². The second-order valence-electron chi connectivity index (χ2n) is 17.3. The number of benzene rings is 4. The largest absolute Gasteiger partial charge is 0.371 e. The van der Waals surface area contributed by atoms with Gasteiger partial charge in [-0.15, -0.1) is 20.5 Å². The average molecular weight is 873 g/mol. The van der Waals surface area contributed by atoms with E-state index < -0.39 is 0 Å². The highest BCUT2D eigenvalue weighted by Crippen LogP contribution is 2.50. The Balaban J connectivity index is 0.000000156. The molecule has 6 aromatic rings. The minimum atomic E-state index is 0.201. The van der Waals surface area contributed by atoms with Gasteiger partial charge >= 0.3 is 0 Å². The summed E-state index contributed by atoms with van der Waals surface area (Å²) in [6.45, 7) is 24.6. The third kappa shape index (κ3) is 7.93. The number of nitrogens with zero attached hydrogens (tertiary/aromatic N) is 9. The Morgan fingerprint density at radius 3 is 2.13 bits per heavy atom. The maximum Gasteiger partial charge on any atom is 0.231 e. The van der Waals surface area contributed by atoms with Crippen LogP contribution in [0.4, 0.5) is 38.7 Å². The number of hydrogen-bond donors (Lipinski definition) is 0. The van der Waals surface area contributed by atoms with Crippen LogP contribution < -0.4 is 9.80 Å². The monoisotopic (exact) mass is 871 g/mol. The molecule has 61 heavy (non-hydrogen) atoms. The van der Waals surface area contributed by atoms with E-state index in [9.17, 15) is 0 Å². The van der Waals surface area contributed by atoms with Crippen molar-refractivity contribution < 1.29 is 9.78 Å². The summed E-state index contributed by atoms with van der Waals surface area (Å²) >= 11 is 9.25. The summed E-state index contributed by atoms with van der Waals surface area (Å²) in [5, 5.41) is 20.3. The van der Waals surface area contributed by atoms with Crippen LogP contribution in [0.25, 0.3) is 25.3 Å². The lowest BCUT2D eigenvalue weighted by Gasteiger charge is -2.50. The molecule has 0 saturated heterocycles. The molecule has 4 aliphatic rings. The quantitative estimate of drug-likeness (QED) is 0.0685. The fourth-order valence-corrected chi connectivity index (χ4v) is 11.6. The number of azo groups is 2. The van der Waals surface area contributed by atoms with Crippen LogP contribution >= 0.6 is 34.3 Å². The van der Waals surface area contributed by atoms with Gasteiger partial charge in [-0.1, -0.05) is 41.2 Å². The molecule has 0 spiro atoms. The molecule has 0 saturated carbocycles. The first-order valence-electron chi connectivity index (χ1n) is 21.1. The molecule has 1 atom stereocenters. The van der Waals surface area contributed by atoms with Crippen molar-refractivity contribution >= 4 is 93.4 Å². The minimum absolute atomic E-state index is 0.201. The molecule has 2 aromatic heterocycles. The molecule has 1 unspecified atom stereocenters. The summed E-state index contributed by atoms with van der Waals surface area (Å²) in [6.07, 6.45) is 8.10. The van der Waals surface area contributed by atoms with Crippen LogP contribution in [0.1, 0.15) is 96.9 Å². The molecule has 0 N–H and O–H groups in total. The third-order valence-corrected chi connectivity index (χ3v) is 15.0. The molecule has 314 valence electrons. The second-order valence-corrected chi connectivity index (χ2v) is 19.7. The second kappa shape index (κ2) is 16.8. The Bertz CT molecular complexity index is 2760. The van der Waals surface area contributed by atoms with Crippen molar-refractivity contribution in [2.45, 2.75) is 105 Å². The lowest BCUT2D eigenvalue weighted by atomic mass is 9.76. The smallest absolute Gasteiger partial charge is 0.231 e. The van der Waals surface area contributed by atoms with Crippen LogP contribution in [0.5, 0.6) is 0 Å². The van der Waals surface area contributed by atoms with E-state index in [1.165, 1.54) is 82.5 Å². The van der Waals surface area contributed by atoms with Crippen LogP contribution in [0.2, 0.25) is 5.02 Å². The number of aromatic nitrogens is 2. The van der Waals surface area contributed by atoms with Crippen LogP contribution in [0.15, 0.2) is 56.9 Å². The fraction of sp³-hybridized carbons (Fsp3) is 0.426. The van der Waals surface area contributed by atoms with E-state index >= 15 is 0 Å². The van der Waals surface area contributed by atoms with Gasteiger partial charge in [0, 0.05) is 46.3 Å². The van der Waals surface area contributed by atoms with Crippen molar-refractivity contribution in [1.29, 1.82) is 0 Å². The van der Waals surface area contributed by atoms with Crippen molar-refractivity contribution in [2.75, 3.05) is 36.5 Å². The summed E-state index contributed by atoms with van der Waals surface area (Å²) in [5.41, 5.74) is 17.2. The Labute approximate surface area is 370 Å². The molecule has 0 bridgehead atoms. The highest BCUT2D eigenvalue weighted by atomic mass is 35.5. The van der Waals surface area contributed by atoms with Gasteiger partial charge < -0.3 is 9.80 Å². The first kappa shape index (κ1) is 41.5. The van der Waals surface area contributed by atoms with Crippen molar-refractivity contribution in [2.24, 2.45) is 20.5 Å². The zero-order valence-electron chi connectivity index (χ0n) is 35.9. The van der Waals surface area contributed by atoms with Gasteiger partial charge in [0.1, 0.15) is 0 Å². The Hall–Kier alpha value is -4.84. The minimum Gasteiger partial charge on any atom is -0.371 e. The predicted molar refractivity (Wildman–Crippen MR) is 249 cm³/mol. The Kier molecular flexibility index (Phi) is 11.4. The maximum absolute atomic E-state index is 7.42. The zero-order valence-corrected chi connectivity index (χ0v) is 38.2. The lowest BCUT2D eigenvalue weighted by molar-refractivity contribution is -0.282. The van der Waals surface area contributed by atoms with E-state index in [4.69, 9.17) is 23.1 Å². The predicted octanol–water partition coefficient (Wildman–Crippen LogP) is 14.4. The molecular formula is C47H50ClN9O2S2. The highest BCUT2D eigenvalue weighted by Gasteiger charge is 2.40. The van der Waals surface area contributed by atoms with Gasteiger partial charge in [-0.2, -0.15) is 0 Å². The van der Waals surface area contributed by atoms with E-state index in [0.717, 1.165) is 93.3 Å². The maximum atomic E-state index is 7.42. The molecule has 0 radical (unpaired) electrons. The molecule has 0 aliphatic carbocycles. The molecule has 4 aliphatic heterocycles. The van der Waals surface area contributed by atoms with Gasteiger partial charge in [0.15, 0.2) is 5.69 Å². The summed E-state index contributed by atoms with van der Waals surface area (Å²) in [4.78, 5) is 27.7. The third-order valence-electron chi connectivity index (χ3n) is 12.8. The molecule has 11 nitrogen and oxygen atoms in total. The first-order chi connectivity index (χ1) is 29.4. The normalized spacial score (nSPS) is 17.8.